The number of nitrogens with one attached hydrogen (secondary N) is 10. The van der Waals surface area contributed by atoms with E-state index < -0.39 is 210 Å². The summed E-state index contributed by atoms with van der Waals surface area (Å²) in [6.07, 6.45) is 2.78. The number of amides is 15. The Balaban J connectivity index is 1.04. The molecule has 10 rings (SSSR count). The van der Waals surface area contributed by atoms with Crippen molar-refractivity contribution >= 4 is 141 Å². The quantitative estimate of drug-likeness (QED) is 0.0169. The van der Waals surface area contributed by atoms with Crippen LogP contribution < -0.4 is 69.5 Å². The number of nitrogens with two attached hydrogens (primary N) is 1. The van der Waals surface area contributed by atoms with Crippen molar-refractivity contribution in [1.82, 2.24) is 63.0 Å². The van der Waals surface area contributed by atoms with Gasteiger partial charge >= 0.3 is 18.2 Å². The van der Waals surface area contributed by atoms with Gasteiger partial charge in [0.25, 0.3) is 11.8 Å². The molecular formula is C95H119N13O19P2S2. The molecule has 32 nitrogen and oxygen atoms in total. The van der Waals surface area contributed by atoms with Crippen LogP contribution in [0, 0.1) is 0 Å². The predicted molar refractivity (Wildman–Crippen MR) is 502 cm³/mol. The molecule has 36 heteroatoms. The molecule has 131 heavy (non-hydrogen) atoms. The Labute approximate surface area is 772 Å². The molecule has 0 spiro atoms. The summed E-state index contributed by atoms with van der Waals surface area (Å²) in [7, 11) is 0. The van der Waals surface area contributed by atoms with Gasteiger partial charge in [0.05, 0.1) is 6.42 Å². The largest absolute Gasteiger partial charge is 0.481 e. The zero-order chi connectivity index (χ0) is 95.7. The third-order valence-corrected chi connectivity index (χ3v) is 36.2. The van der Waals surface area contributed by atoms with Crippen molar-refractivity contribution in [3.63, 3.8) is 0 Å². The third kappa shape index (κ3) is 24.7. The van der Waals surface area contributed by atoms with Crippen LogP contribution in [-0.4, -0.2) is 218 Å². The van der Waals surface area contributed by atoms with Crippen LogP contribution in [0.25, 0.3) is 22.3 Å². The molecular weight excluding hydrogens is 1750 g/mol. The fraction of sp³-hybridized carbons (Fsp3) is 0.453. The number of imide groups is 2. The van der Waals surface area contributed by atoms with E-state index in [1.165, 1.54) is 83.1 Å². The predicted octanol–water partition coefficient (Wildman–Crippen LogP) is 7.34. The van der Waals surface area contributed by atoms with Gasteiger partial charge in [0.2, 0.25) is 65.0 Å². The first-order valence-corrected chi connectivity index (χ1v) is 50.3. The average molecular weight is 1870 g/mol. The van der Waals surface area contributed by atoms with Gasteiger partial charge in [0.1, 0.15) is 84.7 Å². The lowest BCUT2D eigenvalue weighted by Gasteiger charge is -2.44. The molecule has 0 unspecified atom stereocenters. The minimum atomic E-state index is -3.64. The van der Waals surface area contributed by atoms with Crippen molar-refractivity contribution in [1.29, 1.82) is 0 Å². The molecule has 700 valence electrons. The van der Waals surface area contributed by atoms with Crippen LogP contribution in [0.4, 0.5) is 9.59 Å². The van der Waals surface area contributed by atoms with Crippen LogP contribution in [0.15, 0.2) is 158 Å². The van der Waals surface area contributed by atoms with Crippen molar-refractivity contribution in [3.05, 3.63) is 180 Å². The van der Waals surface area contributed by atoms with Crippen molar-refractivity contribution in [2.45, 2.75) is 248 Å². The Morgan fingerprint density at radius 2 is 0.725 bits per heavy atom. The standard InChI is InChI=1S/C95H119N13O19P2S2/c1-54(80(96)112)103-90(122)94(9,10)105-84(116)59(6)99-82(114)56(3)100-86(118)77(52-128(130,62-33-17-13-18-34-62)63-35-19-14-20-36-63)107(92(124)126-50-74-70-45-29-25-41-66(70)67-42-26-30-46-71(67)74)88(120)60(7)102-83(115)57(4)101-87(119)78(53-129(131,64-37-21-15-22-38-64)65-39-23-16-24-40-65)108(93(125)127-51-75-72-47-31-27-43-68(72)69-44-28-32-48-73(69)75)89(121)76(49-79(110)111)104-91(123)95(11,12)106-85(117)58(5)98-81(113)55(2)97-61(8)109/h15-16,21-32,37-48,54-60,62-63,74-78H,13-14,17-20,33-36,49-53H2,1-12H3,(H2,96,112)(H,97,109)(H,98,113)(H,99,114)(H,100,118)(H,101,119)(H,102,115)(H,103,122)(H,104,123)(H,105,116)(H,106,117)(H,110,111)/t54-,55-,56-,57-,58-,59-,60-,76-,77-,78+/m0/s1. The van der Waals surface area contributed by atoms with Gasteiger partial charge in [-0.15, -0.1) is 0 Å². The molecule has 10 atom stereocenters. The molecule has 0 heterocycles. The summed E-state index contributed by atoms with van der Waals surface area (Å²) < 4.78 is 12.7. The van der Waals surface area contributed by atoms with Crippen LogP contribution in [-0.2, 0) is 100 Å². The summed E-state index contributed by atoms with van der Waals surface area (Å²) in [6.45, 7) is 14.5. The summed E-state index contributed by atoms with van der Waals surface area (Å²) in [5.41, 5.74) is 7.74. The van der Waals surface area contributed by atoms with Gasteiger partial charge in [0, 0.05) is 37.1 Å². The summed E-state index contributed by atoms with van der Waals surface area (Å²) in [5, 5.41) is 37.0. The maximum Gasteiger partial charge on any atom is 0.417 e. The minimum Gasteiger partial charge on any atom is -0.481 e. The topological polar surface area (TPSA) is 465 Å². The SMILES string of the molecule is CC(=O)N[C@@H](C)C(=O)N[C@@H](C)C(=O)NC(C)(C)C(=O)N[C@@H](CC(=O)O)C(=O)N(C(=O)OCC1c2ccccc2-c2ccccc21)[C@H](CP(=S)(c1ccccc1)c1ccccc1)C(=O)N[C@@H](C)C(=O)N[C@@H](C)C(=O)N(C(=O)OCC1c2ccccc2-c2ccccc21)[C@@H](CP(=S)(C1CCCCC1)C1CCCCC1)C(=O)N[C@@H](C)C(=O)N[C@@H](C)C(=O)NC(C)(C)C(=O)N[C@@H](C)C(N)=O. The number of hydrogen-bond donors (Lipinski definition) is 12. The van der Waals surface area contributed by atoms with Crippen molar-refractivity contribution in [3.8, 4) is 22.3 Å². The van der Waals surface area contributed by atoms with Gasteiger partial charge < -0.3 is 73.5 Å². The van der Waals surface area contributed by atoms with E-state index in [-0.39, 0.29) is 24.1 Å². The number of carboxylic acids is 1. The summed E-state index contributed by atoms with van der Waals surface area (Å²) >= 11 is 13.9. The first kappa shape index (κ1) is 101. The maximum atomic E-state index is 16.4. The third-order valence-electron chi connectivity index (χ3n) is 24.7. The van der Waals surface area contributed by atoms with Crippen LogP contribution >= 0.6 is 12.1 Å². The lowest BCUT2D eigenvalue weighted by atomic mass is 9.98. The number of carboxylic acid groups (broad SMARTS) is 1. The second-order valence-electron chi connectivity index (χ2n) is 35.3. The smallest absolute Gasteiger partial charge is 0.417 e. The molecule has 2 saturated carbocycles. The van der Waals surface area contributed by atoms with Gasteiger partial charge in [-0.2, -0.15) is 0 Å². The number of carbonyl (C=O) groups is 16. The lowest BCUT2D eigenvalue weighted by Crippen LogP contribution is -2.64. The van der Waals surface area contributed by atoms with E-state index in [1.807, 2.05) is 84.9 Å². The number of fused-ring (bicyclic) bond motifs is 6. The second kappa shape index (κ2) is 44.4. The normalized spacial score (nSPS) is 16.3. The van der Waals surface area contributed by atoms with Crippen molar-refractivity contribution < 1.29 is 91.3 Å². The highest BCUT2D eigenvalue weighted by atomic mass is 32.4. The van der Waals surface area contributed by atoms with E-state index >= 15 is 33.6 Å². The summed E-state index contributed by atoms with van der Waals surface area (Å²) in [5.74, 6) is -16.1. The van der Waals surface area contributed by atoms with Crippen LogP contribution in [0.5, 0.6) is 0 Å². The van der Waals surface area contributed by atoms with Gasteiger partial charge in [-0.3, -0.25) is 67.1 Å². The second-order valence-corrected chi connectivity index (χ2v) is 45.6. The molecule has 6 aromatic rings. The molecule has 0 aromatic heterocycles. The van der Waals surface area contributed by atoms with E-state index in [0.717, 1.165) is 71.9 Å². The average Bonchev–Trinajstić information content (AvgIpc) is 1.57. The zero-order valence-electron chi connectivity index (χ0n) is 75.7. The summed E-state index contributed by atoms with van der Waals surface area (Å²) in [4.78, 5) is 234. The number of benzene rings is 6. The van der Waals surface area contributed by atoms with Crippen LogP contribution in [0.1, 0.15) is 188 Å². The highest BCUT2D eigenvalue weighted by Crippen LogP contribution is 2.64. The van der Waals surface area contributed by atoms with Crippen molar-refractivity contribution in [2.75, 3.05) is 25.5 Å². The molecule has 4 aliphatic carbocycles. The van der Waals surface area contributed by atoms with E-state index in [4.69, 9.17) is 38.8 Å². The van der Waals surface area contributed by atoms with E-state index in [9.17, 15) is 48.3 Å². The Hall–Kier alpha value is -11.9. The number of carbonyl (C=O) groups excluding carboxylic acids is 15. The van der Waals surface area contributed by atoms with Gasteiger partial charge in [-0.05, 0) is 174 Å². The Morgan fingerprint density at radius 1 is 0.405 bits per heavy atom. The first-order chi connectivity index (χ1) is 62.0. The number of hydrogen-bond acceptors (Lipinski definition) is 20. The van der Waals surface area contributed by atoms with Crippen LogP contribution in [0.2, 0.25) is 0 Å². The summed E-state index contributed by atoms with van der Waals surface area (Å²) in [6, 6.07) is 23.3. The highest BCUT2D eigenvalue weighted by Gasteiger charge is 2.50. The molecule has 0 aliphatic heterocycles. The number of primary amides is 1. The molecule has 0 saturated heterocycles. The molecule has 13 N–H and O–H groups in total. The zero-order valence-corrected chi connectivity index (χ0v) is 79.1. The number of rotatable bonds is 38. The number of ether oxygens (including phenoxy) is 2. The minimum absolute atomic E-state index is 0.122. The van der Waals surface area contributed by atoms with Gasteiger partial charge in [-0.25, -0.2) is 19.4 Å². The Morgan fingerprint density at radius 3 is 1.09 bits per heavy atom. The molecule has 4 aliphatic rings. The number of aliphatic carboxylic acids is 1. The molecule has 0 radical (unpaired) electrons. The lowest BCUT2D eigenvalue weighted by molar-refractivity contribution is -0.146. The molecule has 15 amide bonds. The maximum absolute atomic E-state index is 16.4. The Bertz CT molecular complexity index is 5260. The highest BCUT2D eigenvalue weighted by molar-refractivity contribution is 8.22. The fourth-order valence-electron chi connectivity index (χ4n) is 17.3. The Kier molecular flexibility index (Phi) is 34.3. The van der Waals surface area contributed by atoms with Gasteiger partial charge in [0.15, 0.2) is 0 Å². The first-order valence-electron chi connectivity index (χ1n) is 44.2. The molecule has 2 fully saturated rings. The van der Waals surface area contributed by atoms with E-state index in [2.05, 4.69) is 53.2 Å². The number of nitrogens with zero attached hydrogens (tertiary/aromatic N) is 2. The van der Waals surface area contributed by atoms with E-state index in [0.29, 0.717) is 57.2 Å². The van der Waals surface area contributed by atoms with Gasteiger partial charge in [-0.1, -0.05) is 220 Å². The van der Waals surface area contributed by atoms with Crippen molar-refractivity contribution in [2.24, 2.45) is 5.73 Å². The molecule has 6 aromatic carbocycles. The molecule has 0 bridgehead atoms. The van der Waals surface area contributed by atoms with E-state index in [1.54, 1.807) is 72.8 Å². The monoisotopic (exact) mass is 1870 g/mol. The van der Waals surface area contributed by atoms with Crippen LogP contribution in [0.3, 0.4) is 0 Å². The fourth-order valence-corrected chi connectivity index (χ4v) is 27.5.